The van der Waals surface area contributed by atoms with Crippen molar-refractivity contribution in [2.75, 3.05) is 0 Å². The molecule has 3 aliphatic rings. The van der Waals surface area contributed by atoms with Gasteiger partial charge in [-0.15, -0.1) is 0 Å². The van der Waals surface area contributed by atoms with Gasteiger partial charge in [-0.1, -0.05) is 74.5 Å². The Morgan fingerprint density at radius 3 is 2.51 bits per heavy atom. The van der Waals surface area contributed by atoms with Crippen molar-refractivity contribution in [1.29, 1.82) is 0 Å². The quantitative estimate of drug-likeness (QED) is 0.375. The molecule has 2 aliphatic heterocycles. The number of aromatic nitrogens is 1. The molecule has 176 valence electrons. The van der Waals surface area contributed by atoms with E-state index in [1.54, 1.807) is 6.20 Å². The Morgan fingerprint density at radius 2 is 1.71 bits per heavy atom. The number of halogens is 1. The summed E-state index contributed by atoms with van der Waals surface area (Å²) in [5.74, 6) is -0.233. The van der Waals surface area contributed by atoms with Gasteiger partial charge in [0.15, 0.2) is 0 Å². The van der Waals surface area contributed by atoms with Crippen LogP contribution in [0.3, 0.4) is 0 Å². The highest BCUT2D eigenvalue weighted by Gasteiger charge is 2.30. The minimum Gasteiger partial charge on any atom is -0.258 e. The molecule has 3 aromatic rings. The summed E-state index contributed by atoms with van der Waals surface area (Å²) in [6.45, 7) is 4.65. The predicted molar refractivity (Wildman–Crippen MR) is 144 cm³/mol. The SMILES string of the molecule is CC1(C)CC2=CCCC(=N2)c2ccccc21.Fc1ccc(C2=CCCC=C2)cc1-c1ccccn1. The fraction of sp³-hybridized carbons (Fsp3) is 0.250. The summed E-state index contributed by atoms with van der Waals surface area (Å²) < 4.78 is 13.9. The highest BCUT2D eigenvalue weighted by Crippen LogP contribution is 2.38. The highest BCUT2D eigenvalue weighted by molar-refractivity contribution is 6.03. The molecule has 0 spiro atoms. The topological polar surface area (TPSA) is 25.2 Å². The van der Waals surface area contributed by atoms with E-state index in [1.807, 2.05) is 30.3 Å². The maximum atomic E-state index is 13.9. The van der Waals surface area contributed by atoms with Crippen LogP contribution in [-0.2, 0) is 5.41 Å². The molecule has 0 radical (unpaired) electrons. The molecule has 0 saturated heterocycles. The van der Waals surface area contributed by atoms with Gasteiger partial charge in [0.1, 0.15) is 5.82 Å². The number of nitrogens with zero attached hydrogens (tertiary/aromatic N) is 2. The van der Waals surface area contributed by atoms with Gasteiger partial charge in [-0.25, -0.2) is 4.39 Å². The Hall–Kier alpha value is -3.59. The number of allylic oxidation sites excluding steroid dienone is 6. The number of hydrogen-bond acceptors (Lipinski definition) is 2. The van der Waals surface area contributed by atoms with E-state index in [-0.39, 0.29) is 11.2 Å². The average Bonchev–Trinajstić information content (AvgIpc) is 2.97. The molecule has 1 aliphatic carbocycles. The van der Waals surface area contributed by atoms with Crippen molar-refractivity contribution in [1.82, 2.24) is 4.98 Å². The van der Waals surface area contributed by atoms with E-state index in [1.165, 1.54) is 28.6 Å². The third-order valence-electron chi connectivity index (χ3n) is 6.87. The van der Waals surface area contributed by atoms with Crippen molar-refractivity contribution >= 4 is 11.3 Å². The van der Waals surface area contributed by atoms with E-state index < -0.39 is 0 Å². The van der Waals surface area contributed by atoms with E-state index in [4.69, 9.17) is 4.99 Å². The molecule has 6 rings (SSSR count). The molecule has 2 aromatic carbocycles. The molecule has 0 unspecified atom stereocenters. The van der Waals surface area contributed by atoms with E-state index >= 15 is 0 Å². The Labute approximate surface area is 207 Å². The van der Waals surface area contributed by atoms with Gasteiger partial charge in [-0.3, -0.25) is 9.98 Å². The van der Waals surface area contributed by atoms with Gasteiger partial charge in [0, 0.05) is 23.2 Å². The first kappa shape index (κ1) is 23.2. The van der Waals surface area contributed by atoms with Gasteiger partial charge < -0.3 is 0 Å². The number of fused-ring (bicyclic) bond motifs is 3. The van der Waals surface area contributed by atoms with Gasteiger partial charge >= 0.3 is 0 Å². The molecule has 0 amide bonds. The maximum Gasteiger partial charge on any atom is 0.132 e. The van der Waals surface area contributed by atoms with Crippen LogP contribution >= 0.6 is 0 Å². The zero-order valence-corrected chi connectivity index (χ0v) is 20.5. The van der Waals surface area contributed by atoms with Crippen LogP contribution in [0.25, 0.3) is 16.8 Å². The van der Waals surface area contributed by atoms with E-state index in [0.29, 0.717) is 11.3 Å². The van der Waals surface area contributed by atoms with E-state index in [2.05, 4.69) is 67.4 Å². The molecule has 2 bridgehead atoms. The Bertz CT molecular complexity index is 1340. The first-order chi connectivity index (χ1) is 17.0. The zero-order valence-electron chi connectivity index (χ0n) is 20.5. The lowest BCUT2D eigenvalue weighted by atomic mass is 9.78. The summed E-state index contributed by atoms with van der Waals surface area (Å²) in [5.41, 5.74) is 9.02. The number of benzene rings is 2. The number of aliphatic imine (C=N–C) groups is 1. The predicted octanol–water partition coefficient (Wildman–Crippen LogP) is 8.46. The Kier molecular flexibility index (Phi) is 6.59. The van der Waals surface area contributed by atoms with Crippen molar-refractivity contribution in [3.63, 3.8) is 0 Å². The van der Waals surface area contributed by atoms with Gasteiger partial charge in [0.2, 0.25) is 0 Å². The average molecular weight is 463 g/mol. The summed E-state index contributed by atoms with van der Waals surface area (Å²) in [4.78, 5) is 9.01. The highest BCUT2D eigenvalue weighted by atomic mass is 19.1. The van der Waals surface area contributed by atoms with Crippen molar-refractivity contribution in [3.8, 4) is 11.3 Å². The summed E-state index contributed by atoms with van der Waals surface area (Å²) in [7, 11) is 0. The van der Waals surface area contributed by atoms with Crippen LogP contribution in [0.4, 0.5) is 4.39 Å². The largest absolute Gasteiger partial charge is 0.258 e. The molecule has 0 saturated carbocycles. The van der Waals surface area contributed by atoms with Crippen LogP contribution in [0.5, 0.6) is 0 Å². The first-order valence-corrected chi connectivity index (χ1v) is 12.5. The first-order valence-electron chi connectivity index (χ1n) is 12.5. The Morgan fingerprint density at radius 1 is 0.857 bits per heavy atom. The minimum atomic E-state index is -0.233. The van der Waals surface area contributed by atoms with Gasteiger partial charge in [-0.05, 0) is 84.0 Å². The van der Waals surface area contributed by atoms with Crippen molar-refractivity contribution < 1.29 is 4.39 Å². The standard InChI is InChI=1S/C17H14FN.C15H17N/c18-16-10-9-14(13-6-2-1-3-7-13)12-15(16)17-8-4-5-11-19-17;1-15(2)10-11-6-5-9-14(16-11)12-7-3-4-8-13(12)15/h2,4-12H,1,3H2;3-4,6-8H,5,9-10H2,1-2H3. The molecule has 3 heterocycles. The van der Waals surface area contributed by atoms with Crippen molar-refractivity contribution in [2.45, 2.75) is 51.4 Å². The summed E-state index contributed by atoms with van der Waals surface area (Å²) in [5, 5.41) is 0. The van der Waals surface area contributed by atoms with E-state index in [0.717, 1.165) is 43.2 Å². The number of rotatable bonds is 2. The molecule has 0 fully saturated rings. The van der Waals surface area contributed by atoms with Crippen molar-refractivity contribution in [2.24, 2.45) is 4.99 Å². The van der Waals surface area contributed by atoms with E-state index in [9.17, 15) is 4.39 Å². The lowest BCUT2D eigenvalue weighted by Gasteiger charge is -2.25. The van der Waals surface area contributed by atoms with Crippen molar-refractivity contribution in [3.05, 3.63) is 119 Å². The summed E-state index contributed by atoms with van der Waals surface area (Å²) in [6, 6.07) is 19.5. The Balaban J connectivity index is 0.000000147. The molecular formula is C32H31FN2. The number of hydrogen-bond donors (Lipinski definition) is 0. The zero-order chi connectivity index (χ0) is 24.3. The second-order valence-electron chi connectivity index (χ2n) is 9.95. The van der Waals surface area contributed by atoms with Crippen LogP contribution in [0.15, 0.2) is 102 Å². The third kappa shape index (κ3) is 5.09. The van der Waals surface area contributed by atoms with Gasteiger partial charge in [0.05, 0.1) is 5.69 Å². The number of pyridine rings is 1. The second kappa shape index (κ2) is 9.95. The third-order valence-corrected chi connectivity index (χ3v) is 6.87. The van der Waals surface area contributed by atoms with Crippen LogP contribution < -0.4 is 0 Å². The molecule has 1 aromatic heterocycles. The summed E-state index contributed by atoms with van der Waals surface area (Å²) >= 11 is 0. The molecule has 35 heavy (non-hydrogen) atoms. The lowest BCUT2D eigenvalue weighted by molar-refractivity contribution is 0.519. The molecule has 2 nitrogen and oxygen atoms in total. The lowest BCUT2D eigenvalue weighted by Crippen LogP contribution is -2.18. The normalized spacial score (nSPS) is 17.6. The van der Waals surface area contributed by atoms with Gasteiger partial charge in [-0.2, -0.15) is 0 Å². The molecule has 0 N–H and O–H groups in total. The fourth-order valence-corrected chi connectivity index (χ4v) is 5.08. The molecule has 0 atom stereocenters. The van der Waals surface area contributed by atoms with Crippen LogP contribution in [-0.4, -0.2) is 10.7 Å². The second-order valence-corrected chi connectivity index (χ2v) is 9.95. The molecule has 3 heteroatoms. The maximum absolute atomic E-state index is 13.9. The van der Waals surface area contributed by atoms with Crippen LogP contribution in [0.1, 0.15) is 62.6 Å². The van der Waals surface area contributed by atoms with Crippen LogP contribution in [0.2, 0.25) is 0 Å². The monoisotopic (exact) mass is 462 g/mol. The fourth-order valence-electron chi connectivity index (χ4n) is 5.08. The van der Waals surface area contributed by atoms with Gasteiger partial charge in [0.25, 0.3) is 0 Å². The smallest absolute Gasteiger partial charge is 0.132 e. The minimum absolute atomic E-state index is 0.206. The summed E-state index contributed by atoms with van der Waals surface area (Å²) in [6.07, 6.45) is 15.9. The molecular weight excluding hydrogens is 431 g/mol. The van der Waals surface area contributed by atoms with Crippen LogP contribution in [0, 0.1) is 5.82 Å².